The summed E-state index contributed by atoms with van der Waals surface area (Å²) < 4.78 is 0. The summed E-state index contributed by atoms with van der Waals surface area (Å²) in [5, 5.41) is 17.1. The van der Waals surface area contributed by atoms with Gasteiger partial charge in [0.1, 0.15) is 18.1 Å². The third kappa shape index (κ3) is 10.2. The van der Waals surface area contributed by atoms with E-state index in [9.17, 15) is 29.1 Å². The van der Waals surface area contributed by atoms with Gasteiger partial charge in [0, 0.05) is 6.42 Å². The Balaban J connectivity index is 2.22. The summed E-state index contributed by atoms with van der Waals surface area (Å²) in [6.07, 6.45) is 0.210. The van der Waals surface area contributed by atoms with E-state index in [0.717, 1.165) is 5.56 Å². The number of carboxylic acids is 1. The Kier molecular flexibility index (Phi) is 12.1. The maximum atomic E-state index is 13.2. The Hall–Kier alpha value is -4.25. The van der Waals surface area contributed by atoms with Crippen LogP contribution in [-0.2, 0) is 36.8 Å². The van der Waals surface area contributed by atoms with Crippen LogP contribution in [0.5, 0.6) is 0 Å². The van der Waals surface area contributed by atoms with Crippen LogP contribution >= 0.6 is 0 Å². The quantitative estimate of drug-likeness (QED) is 0.187. The normalized spacial score (nSPS) is 14.6. The summed E-state index contributed by atoms with van der Waals surface area (Å²) in [4.78, 5) is 62.7. The van der Waals surface area contributed by atoms with Gasteiger partial charge in [-0.05, 0) is 23.5 Å². The highest BCUT2D eigenvalue weighted by Gasteiger charge is 2.32. The molecular formula is C28H37N5O6. The van der Waals surface area contributed by atoms with Gasteiger partial charge in [0.25, 0.3) is 0 Å². The molecule has 0 heterocycles. The van der Waals surface area contributed by atoms with E-state index in [1.807, 2.05) is 6.07 Å². The van der Waals surface area contributed by atoms with Gasteiger partial charge in [0.15, 0.2) is 0 Å². The smallest absolute Gasteiger partial charge is 0.326 e. The minimum absolute atomic E-state index is 0.0377. The van der Waals surface area contributed by atoms with Gasteiger partial charge < -0.3 is 32.5 Å². The summed E-state index contributed by atoms with van der Waals surface area (Å²) in [6, 6.07) is 13.1. The van der Waals surface area contributed by atoms with E-state index >= 15 is 0 Å². The monoisotopic (exact) mass is 539 g/mol. The number of nitrogens with one attached hydrogen (secondary N) is 3. The number of benzene rings is 2. The van der Waals surface area contributed by atoms with Crippen LogP contribution in [0.1, 0.15) is 37.8 Å². The zero-order valence-corrected chi connectivity index (χ0v) is 22.1. The first kappa shape index (κ1) is 31.0. The molecule has 0 aliphatic carbocycles. The molecule has 0 aliphatic rings. The molecule has 0 aromatic heterocycles. The van der Waals surface area contributed by atoms with E-state index in [4.69, 9.17) is 11.5 Å². The summed E-state index contributed by atoms with van der Waals surface area (Å²) in [7, 11) is 0. The highest BCUT2D eigenvalue weighted by Crippen LogP contribution is 2.10. The molecule has 0 fully saturated rings. The lowest BCUT2D eigenvalue weighted by molar-refractivity contribution is -0.144. The number of nitrogens with two attached hydrogens (primary N) is 2. The molecule has 8 N–H and O–H groups in total. The summed E-state index contributed by atoms with van der Waals surface area (Å²) in [5.74, 6) is -4.64. The number of aliphatic carboxylic acids is 1. The van der Waals surface area contributed by atoms with Gasteiger partial charge in [-0.25, -0.2) is 4.79 Å². The van der Waals surface area contributed by atoms with Crippen molar-refractivity contribution in [3.63, 3.8) is 0 Å². The van der Waals surface area contributed by atoms with Crippen molar-refractivity contribution in [3.05, 3.63) is 71.8 Å². The van der Waals surface area contributed by atoms with Gasteiger partial charge >= 0.3 is 5.97 Å². The number of rotatable bonds is 15. The van der Waals surface area contributed by atoms with E-state index < -0.39 is 60.2 Å². The Morgan fingerprint density at radius 2 is 1.26 bits per heavy atom. The predicted molar refractivity (Wildman–Crippen MR) is 145 cm³/mol. The standard InChI is InChI=1S/C28H37N5O6/c1-3-17(2)24(28(38)39)33-27(37)21(15-19-12-8-5-9-13-19)32-26(36)22(16-23(30)34)31-25(35)20(29)14-18-10-6-4-7-11-18/h4-13,17,20-22,24H,3,14-16,29H2,1-2H3,(H2,30,34)(H,31,35)(H,32,36)(H,33,37)(H,38,39). The van der Waals surface area contributed by atoms with Gasteiger partial charge in [0.05, 0.1) is 12.5 Å². The highest BCUT2D eigenvalue weighted by atomic mass is 16.4. The number of carbonyl (C=O) groups is 5. The van der Waals surface area contributed by atoms with Crippen molar-refractivity contribution < 1.29 is 29.1 Å². The molecular weight excluding hydrogens is 502 g/mol. The molecule has 2 aromatic rings. The first-order valence-corrected chi connectivity index (χ1v) is 12.8. The second-order valence-electron chi connectivity index (χ2n) is 9.49. The average molecular weight is 540 g/mol. The second kappa shape index (κ2) is 15.2. The molecule has 4 amide bonds. The molecule has 0 aliphatic heterocycles. The Morgan fingerprint density at radius 1 is 0.769 bits per heavy atom. The van der Waals surface area contributed by atoms with Gasteiger partial charge in [-0.1, -0.05) is 80.9 Å². The SMILES string of the molecule is CCC(C)C(NC(=O)C(Cc1ccccc1)NC(=O)C(CC(N)=O)NC(=O)C(N)Cc1ccccc1)C(=O)O. The Labute approximate surface area is 227 Å². The van der Waals surface area contributed by atoms with Gasteiger partial charge in [-0.15, -0.1) is 0 Å². The predicted octanol–water partition coefficient (Wildman–Crippen LogP) is 0.260. The van der Waals surface area contributed by atoms with Crippen molar-refractivity contribution in [1.29, 1.82) is 0 Å². The zero-order valence-electron chi connectivity index (χ0n) is 22.1. The van der Waals surface area contributed by atoms with E-state index in [0.29, 0.717) is 12.0 Å². The molecule has 5 unspecified atom stereocenters. The fourth-order valence-corrected chi connectivity index (χ4v) is 3.92. The van der Waals surface area contributed by atoms with Crippen molar-refractivity contribution >= 4 is 29.6 Å². The van der Waals surface area contributed by atoms with Crippen LogP contribution in [0.3, 0.4) is 0 Å². The van der Waals surface area contributed by atoms with Crippen LogP contribution in [0.2, 0.25) is 0 Å². The molecule has 2 rings (SSSR count). The molecule has 5 atom stereocenters. The van der Waals surface area contributed by atoms with Crippen LogP contribution in [0.25, 0.3) is 0 Å². The van der Waals surface area contributed by atoms with Gasteiger partial charge in [-0.2, -0.15) is 0 Å². The van der Waals surface area contributed by atoms with Crippen molar-refractivity contribution in [3.8, 4) is 0 Å². The lowest BCUT2D eigenvalue weighted by Gasteiger charge is -2.26. The van der Waals surface area contributed by atoms with E-state index in [1.54, 1.807) is 68.4 Å². The fourth-order valence-electron chi connectivity index (χ4n) is 3.92. The number of hydrogen-bond donors (Lipinski definition) is 6. The largest absolute Gasteiger partial charge is 0.480 e. The maximum absolute atomic E-state index is 13.2. The maximum Gasteiger partial charge on any atom is 0.326 e. The third-order valence-corrected chi connectivity index (χ3v) is 6.37. The number of primary amides is 1. The molecule has 0 saturated carbocycles. The Bertz CT molecular complexity index is 1130. The first-order valence-electron chi connectivity index (χ1n) is 12.8. The van der Waals surface area contributed by atoms with Crippen LogP contribution in [0.15, 0.2) is 60.7 Å². The van der Waals surface area contributed by atoms with E-state index in [1.165, 1.54) is 0 Å². The molecule has 210 valence electrons. The Morgan fingerprint density at radius 3 is 1.74 bits per heavy atom. The molecule has 39 heavy (non-hydrogen) atoms. The zero-order chi connectivity index (χ0) is 28.9. The third-order valence-electron chi connectivity index (χ3n) is 6.37. The van der Waals surface area contributed by atoms with E-state index in [-0.39, 0.29) is 18.8 Å². The second-order valence-corrected chi connectivity index (χ2v) is 9.49. The van der Waals surface area contributed by atoms with Crippen molar-refractivity contribution in [2.75, 3.05) is 0 Å². The average Bonchev–Trinajstić information content (AvgIpc) is 2.91. The van der Waals surface area contributed by atoms with Crippen LogP contribution in [0, 0.1) is 5.92 Å². The van der Waals surface area contributed by atoms with Crippen LogP contribution in [-0.4, -0.2) is 58.9 Å². The van der Waals surface area contributed by atoms with Gasteiger partial charge in [-0.3, -0.25) is 19.2 Å². The van der Waals surface area contributed by atoms with Crippen molar-refractivity contribution in [2.45, 2.75) is 63.7 Å². The highest BCUT2D eigenvalue weighted by molar-refractivity contribution is 5.96. The molecule has 0 radical (unpaired) electrons. The number of carboxylic acid groups (broad SMARTS) is 1. The molecule has 0 saturated heterocycles. The first-order chi connectivity index (χ1) is 18.5. The summed E-state index contributed by atoms with van der Waals surface area (Å²) in [6.45, 7) is 3.50. The number of hydrogen-bond acceptors (Lipinski definition) is 6. The molecule has 0 spiro atoms. The topological polar surface area (TPSA) is 194 Å². The number of amides is 4. The lowest BCUT2D eigenvalue weighted by atomic mass is 9.98. The van der Waals surface area contributed by atoms with Crippen LogP contribution < -0.4 is 27.4 Å². The van der Waals surface area contributed by atoms with Crippen LogP contribution in [0.4, 0.5) is 0 Å². The summed E-state index contributed by atoms with van der Waals surface area (Å²) >= 11 is 0. The van der Waals surface area contributed by atoms with Crippen molar-refractivity contribution in [1.82, 2.24) is 16.0 Å². The molecule has 0 bridgehead atoms. The van der Waals surface area contributed by atoms with Gasteiger partial charge in [0.2, 0.25) is 23.6 Å². The minimum atomic E-state index is -1.40. The van der Waals surface area contributed by atoms with E-state index in [2.05, 4.69) is 16.0 Å². The number of carbonyl (C=O) groups excluding carboxylic acids is 4. The fraction of sp³-hybridized carbons (Fsp3) is 0.393. The molecule has 2 aromatic carbocycles. The summed E-state index contributed by atoms with van der Waals surface area (Å²) in [5.41, 5.74) is 12.9. The minimum Gasteiger partial charge on any atom is -0.480 e. The molecule has 11 nitrogen and oxygen atoms in total. The van der Waals surface area contributed by atoms with Crippen molar-refractivity contribution in [2.24, 2.45) is 17.4 Å². The lowest BCUT2D eigenvalue weighted by Crippen LogP contribution is -2.58. The molecule has 11 heteroatoms.